The van der Waals surface area contributed by atoms with Crippen molar-refractivity contribution in [3.63, 3.8) is 0 Å². The molecule has 156 valence electrons. The Morgan fingerprint density at radius 2 is 0.960 bits per heavy atom. The minimum atomic E-state index is -0.167. The largest absolute Gasteiger partial charge is 0.394 e. The Morgan fingerprint density at radius 1 is 0.880 bits per heavy atom. The fourth-order valence-electron chi connectivity index (χ4n) is 0. The SMILES string of the molecule is C.C.CC(=O)N(C)C.CC(C)=O.CC(C)O.CNC(C)=O.O=S.O=S. The number of rotatable bonds is 0. The number of nitrogens with one attached hydrogen (secondary N) is 1. The van der Waals surface area contributed by atoms with Crippen molar-refractivity contribution in [2.45, 2.75) is 62.5 Å². The van der Waals surface area contributed by atoms with Gasteiger partial charge in [-0.3, -0.25) is 9.59 Å². The highest BCUT2D eigenvalue weighted by molar-refractivity contribution is 7.44. The number of hydrogen-bond donors (Lipinski definition) is 2. The normalized spacial score (nSPS) is 6.04. The molecule has 0 saturated carbocycles. The fraction of sp³-hybridized carbons (Fsp3) is 0.800. The number of amides is 2. The van der Waals surface area contributed by atoms with Crippen LogP contribution in [-0.4, -0.2) is 63.3 Å². The van der Waals surface area contributed by atoms with Gasteiger partial charge in [-0.25, -0.2) is 0 Å². The van der Waals surface area contributed by atoms with Crippen LogP contribution in [0.15, 0.2) is 0 Å². The molecule has 0 aliphatic carbocycles. The molecule has 0 spiro atoms. The molecule has 10 heteroatoms. The molecule has 0 saturated heterocycles. The average molecular weight is 407 g/mol. The van der Waals surface area contributed by atoms with Crippen molar-refractivity contribution < 1.29 is 27.9 Å². The van der Waals surface area contributed by atoms with E-state index in [1.807, 2.05) is 0 Å². The molecule has 0 aliphatic heterocycles. The predicted octanol–water partition coefficient (Wildman–Crippen LogP) is 1.43. The molecule has 0 bridgehead atoms. The third-order valence-corrected chi connectivity index (χ3v) is 0.982. The molecule has 25 heavy (non-hydrogen) atoms. The lowest BCUT2D eigenvalue weighted by atomic mass is 10.5. The Balaban J connectivity index is -0.0000000237. The topological polar surface area (TPSA) is 121 Å². The van der Waals surface area contributed by atoms with Gasteiger partial charge in [0.05, 0.1) is 0 Å². The molecule has 0 atom stereocenters. The lowest BCUT2D eigenvalue weighted by molar-refractivity contribution is -0.126. The van der Waals surface area contributed by atoms with Crippen LogP contribution in [0.1, 0.15) is 56.4 Å². The van der Waals surface area contributed by atoms with E-state index in [0.29, 0.717) is 0 Å². The van der Waals surface area contributed by atoms with Crippen molar-refractivity contribution in [1.29, 1.82) is 0 Å². The molecular weight excluding hydrogens is 368 g/mol. The third kappa shape index (κ3) is 452. The second-order valence-electron chi connectivity index (χ2n) is 4.22. The second kappa shape index (κ2) is 49.5. The maximum atomic E-state index is 10.1. The smallest absolute Gasteiger partial charge is 0.218 e. The van der Waals surface area contributed by atoms with Crippen LogP contribution in [0.5, 0.6) is 0 Å². The minimum Gasteiger partial charge on any atom is -0.394 e. The van der Waals surface area contributed by atoms with E-state index >= 15 is 0 Å². The quantitative estimate of drug-likeness (QED) is 0.620. The van der Waals surface area contributed by atoms with Crippen molar-refractivity contribution >= 4 is 42.7 Å². The van der Waals surface area contributed by atoms with E-state index in [1.54, 1.807) is 35.0 Å². The highest BCUT2D eigenvalue weighted by Gasteiger charge is 1.87. The zero-order valence-electron chi connectivity index (χ0n) is 15.3. The number of hydrogen-bond acceptors (Lipinski definition) is 8. The Morgan fingerprint density at radius 3 is 0.960 bits per heavy atom. The molecule has 0 aromatic carbocycles. The van der Waals surface area contributed by atoms with Crippen LogP contribution in [0.3, 0.4) is 0 Å². The van der Waals surface area contributed by atoms with Gasteiger partial charge in [-0.05, 0) is 27.7 Å². The molecule has 0 unspecified atom stereocenters. The van der Waals surface area contributed by atoms with E-state index in [0.717, 1.165) is 0 Å². The summed E-state index contributed by atoms with van der Waals surface area (Å²) in [7, 11) is 5.05. The summed E-state index contributed by atoms with van der Waals surface area (Å²) in [5.41, 5.74) is 0. The Labute approximate surface area is 164 Å². The Hall–Kier alpha value is -1.39. The van der Waals surface area contributed by atoms with Gasteiger partial charge >= 0.3 is 0 Å². The first kappa shape index (κ1) is 49.5. The molecular formula is C15H38N2O6S2. The summed E-state index contributed by atoms with van der Waals surface area (Å²) in [5.74, 6) is 0.264. The van der Waals surface area contributed by atoms with E-state index < -0.39 is 0 Å². The summed E-state index contributed by atoms with van der Waals surface area (Å²) in [6, 6.07) is 0. The number of aliphatic hydroxyl groups excluding tert-OH is 1. The van der Waals surface area contributed by atoms with Gasteiger partial charge < -0.3 is 20.1 Å². The molecule has 0 radical (unpaired) electrons. The van der Waals surface area contributed by atoms with Crippen LogP contribution in [0.4, 0.5) is 0 Å². The first-order chi connectivity index (χ1) is 10.4. The van der Waals surface area contributed by atoms with Crippen LogP contribution >= 0.6 is 0 Å². The van der Waals surface area contributed by atoms with Crippen LogP contribution in [0.2, 0.25) is 0 Å². The number of carbonyl (C=O) groups is 3. The van der Waals surface area contributed by atoms with Crippen molar-refractivity contribution in [3.05, 3.63) is 0 Å². The summed E-state index contributed by atoms with van der Waals surface area (Å²) in [6.07, 6.45) is -0.167. The van der Waals surface area contributed by atoms with E-state index in [4.69, 9.17) is 13.5 Å². The first-order valence-corrected chi connectivity index (χ1v) is 6.89. The summed E-state index contributed by atoms with van der Waals surface area (Å²) in [6.45, 7) is 9.50. The zero-order chi connectivity index (χ0) is 20.6. The Kier molecular flexibility index (Phi) is 98.0. The van der Waals surface area contributed by atoms with Gasteiger partial charge in [-0.1, -0.05) is 14.9 Å². The molecule has 0 rings (SSSR count). The van der Waals surface area contributed by atoms with E-state index in [9.17, 15) is 14.4 Å². The van der Waals surface area contributed by atoms with E-state index in [-0.39, 0.29) is 38.6 Å². The zero-order valence-corrected chi connectivity index (χ0v) is 17.0. The standard InChI is InChI=1S/C4H9NO.C3H7NO.C3H8O.C3H6O.2CH4.2OS/c1-4(6)5(2)3;1-3(5)4-2;2*1-3(2)4;;;2*1-2/h1-3H3;1-2H3,(H,4,5);3-4H,1-2H3;1-2H3;2*1H4;;. The second-order valence-corrected chi connectivity index (χ2v) is 4.22. The van der Waals surface area contributed by atoms with Crippen molar-refractivity contribution in [2.24, 2.45) is 0 Å². The molecule has 0 aliphatic rings. The summed E-state index contributed by atoms with van der Waals surface area (Å²) in [4.78, 5) is 30.7. The van der Waals surface area contributed by atoms with E-state index in [1.165, 1.54) is 32.6 Å². The molecule has 0 fully saturated rings. The third-order valence-electron chi connectivity index (χ3n) is 0.982. The van der Waals surface area contributed by atoms with Gasteiger partial charge in [0.1, 0.15) is 5.78 Å². The van der Waals surface area contributed by atoms with Crippen LogP contribution in [-0.2, 0) is 39.5 Å². The van der Waals surface area contributed by atoms with Gasteiger partial charge in [0.2, 0.25) is 11.8 Å². The molecule has 8 nitrogen and oxygen atoms in total. The van der Waals surface area contributed by atoms with Crippen LogP contribution in [0.25, 0.3) is 0 Å². The molecule has 2 amide bonds. The van der Waals surface area contributed by atoms with Crippen molar-refractivity contribution in [1.82, 2.24) is 10.2 Å². The van der Waals surface area contributed by atoms with Gasteiger partial charge in [0, 0.05) is 41.1 Å². The maximum absolute atomic E-state index is 10.1. The molecule has 0 aromatic rings. The fourth-order valence-corrected chi connectivity index (χ4v) is 0. The van der Waals surface area contributed by atoms with Crippen LogP contribution < -0.4 is 5.32 Å². The molecule has 0 aromatic heterocycles. The first-order valence-electron chi connectivity index (χ1n) is 6.23. The number of carbonyl (C=O) groups excluding carboxylic acids is 3. The number of ketones is 1. The van der Waals surface area contributed by atoms with Crippen molar-refractivity contribution in [3.8, 4) is 0 Å². The number of Topliss-reactive ketones (excluding diaryl/α,β-unsaturated/α-hetero) is 1. The van der Waals surface area contributed by atoms with Crippen LogP contribution in [0, 0.1) is 0 Å². The minimum absolute atomic E-state index is 0. The monoisotopic (exact) mass is 406 g/mol. The Bertz CT molecular complexity index is 270. The predicted molar refractivity (Wildman–Crippen MR) is 108 cm³/mol. The van der Waals surface area contributed by atoms with Gasteiger partial charge in [0.25, 0.3) is 0 Å². The lowest BCUT2D eigenvalue weighted by Gasteiger charge is -2.02. The number of nitrogens with zero attached hydrogens (tertiary/aromatic N) is 1. The van der Waals surface area contributed by atoms with E-state index in [2.05, 4.69) is 30.4 Å². The van der Waals surface area contributed by atoms with Crippen molar-refractivity contribution in [2.75, 3.05) is 21.1 Å². The summed E-state index contributed by atoms with van der Waals surface area (Å²) >= 11 is 5.67. The highest BCUT2D eigenvalue weighted by Crippen LogP contribution is 1.69. The van der Waals surface area contributed by atoms with Gasteiger partial charge in [-0.15, -0.1) is 0 Å². The van der Waals surface area contributed by atoms with Gasteiger partial charge in [0.15, 0.2) is 25.1 Å². The summed E-state index contributed by atoms with van der Waals surface area (Å²) < 4.78 is 15.7. The van der Waals surface area contributed by atoms with Gasteiger partial charge in [-0.2, -0.15) is 8.42 Å². The maximum Gasteiger partial charge on any atom is 0.218 e. The highest BCUT2D eigenvalue weighted by atomic mass is 32.1. The molecule has 2 N–H and O–H groups in total. The molecule has 0 heterocycles. The summed E-state index contributed by atoms with van der Waals surface area (Å²) in [5, 5.41) is 10.4. The number of aliphatic hydroxyl groups is 1. The lowest BCUT2D eigenvalue weighted by Crippen LogP contribution is -2.17. The average Bonchev–Trinajstić information content (AvgIpc) is 2.42.